The Kier molecular flexibility index (Phi) is 2.60. The van der Waals surface area contributed by atoms with Gasteiger partial charge in [0.2, 0.25) is 0 Å². The van der Waals surface area contributed by atoms with E-state index < -0.39 is 0 Å². The van der Waals surface area contributed by atoms with Crippen molar-refractivity contribution in [1.29, 1.82) is 0 Å². The second-order valence-corrected chi connectivity index (χ2v) is 4.30. The van der Waals surface area contributed by atoms with Crippen LogP contribution < -0.4 is 5.32 Å². The first-order valence-corrected chi connectivity index (χ1v) is 5.55. The molecule has 0 aromatic heterocycles. The molecule has 1 N–H and O–H groups in total. The van der Waals surface area contributed by atoms with Crippen molar-refractivity contribution in [3.05, 3.63) is 34.4 Å². The van der Waals surface area contributed by atoms with Gasteiger partial charge in [0, 0.05) is 6.04 Å². The van der Waals surface area contributed by atoms with E-state index in [9.17, 15) is 0 Å². The molecule has 0 amide bonds. The predicted molar refractivity (Wildman–Crippen MR) is 60.7 cm³/mol. The number of nitrogens with one attached hydrogen (secondary N) is 1. The van der Waals surface area contributed by atoms with Crippen molar-refractivity contribution in [3.8, 4) is 0 Å². The fraction of sp³-hybridized carbons (Fsp3) is 0.538. The average Bonchev–Trinajstić information content (AvgIpc) is 2.19. The summed E-state index contributed by atoms with van der Waals surface area (Å²) in [6.07, 6.45) is 2.38. The zero-order valence-electron chi connectivity index (χ0n) is 9.35. The maximum absolute atomic E-state index is 3.57. The van der Waals surface area contributed by atoms with Crippen molar-refractivity contribution in [2.45, 2.75) is 39.7 Å². The molecule has 2 rings (SSSR count). The molecular weight excluding hydrogens is 170 g/mol. The van der Waals surface area contributed by atoms with E-state index in [2.05, 4.69) is 38.2 Å². The summed E-state index contributed by atoms with van der Waals surface area (Å²) in [4.78, 5) is 0. The lowest BCUT2D eigenvalue weighted by molar-refractivity contribution is 0.492. The fourth-order valence-corrected chi connectivity index (χ4v) is 2.29. The van der Waals surface area contributed by atoms with Gasteiger partial charge in [-0.15, -0.1) is 0 Å². The average molecular weight is 189 g/mol. The Morgan fingerprint density at radius 1 is 1.29 bits per heavy atom. The Hall–Kier alpha value is -0.820. The standard InChI is InChI=1S/C13H19N/c1-4-13-12-8-10(3)9(2)7-11(12)5-6-14-13/h7-8,13-14H,4-6H2,1-3H3. The van der Waals surface area contributed by atoms with Gasteiger partial charge in [-0.25, -0.2) is 0 Å². The first kappa shape index (κ1) is 9.72. The lowest BCUT2D eigenvalue weighted by Crippen LogP contribution is -2.29. The third kappa shape index (κ3) is 1.57. The van der Waals surface area contributed by atoms with Crippen LogP contribution >= 0.6 is 0 Å². The molecule has 1 atom stereocenters. The van der Waals surface area contributed by atoms with Gasteiger partial charge in [-0.2, -0.15) is 0 Å². The third-order valence-corrected chi connectivity index (χ3v) is 3.32. The number of fused-ring (bicyclic) bond motifs is 1. The smallest absolute Gasteiger partial charge is 0.0320 e. The van der Waals surface area contributed by atoms with Crippen molar-refractivity contribution in [2.24, 2.45) is 0 Å². The molecule has 1 unspecified atom stereocenters. The molecule has 1 heterocycles. The van der Waals surface area contributed by atoms with Crippen LogP contribution in [0.3, 0.4) is 0 Å². The van der Waals surface area contributed by atoms with Crippen LogP contribution in [0.5, 0.6) is 0 Å². The monoisotopic (exact) mass is 189 g/mol. The van der Waals surface area contributed by atoms with E-state index in [1.165, 1.54) is 29.5 Å². The van der Waals surface area contributed by atoms with E-state index >= 15 is 0 Å². The van der Waals surface area contributed by atoms with Crippen LogP contribution in [0.15, 0.2) is 12.1 Å². The van der Waals surface area contributed by atoms with Crippen LogP contribution in [0, 0.1) is 13.8 Å². The first-order valence-electron chi connectivity index (χ1n) is 5.55. The third-order valence-electron chi connectivity index (χ3n) is 3.32. The molecule has 0 saturated carbocycles. The molecule has 1 nitrogen and oxygen atoms in total. The van der Waals surface area contributed by atoms with Crippen LogP contribution in [0.4, 0.5) is 0 Å². The Bertz CT molecular complexity index is 341. The normalized spacial score (nSPS) is 20.6. The van der Waals surface area contributed by atoms with Gasteiger partial charge in [0.25, 0.3) is 0 Å². The van der Waals surface area contributed by atoms with E-state index in [4.69, 9.17) is 0 Å². The van der Waals surface area contributed by atoms with Crippen molar-refractivity contribution in [2.75, 3.05) is 6.54 Å². The second kappa shape index (κ2) is 3.74. The molecule has 76 valence electrons. The fourth-order valence-electron chi connectivity index (χ4n) is 2.29. The minimum Gasteiger partial charge on any atom is -0.310 e. The summed E-state index contributed by atoms with van der Waals surface area (Å²) in [5, 5.41) is 3.57. The summed E-state index contributed by atoms with van der Waals surface area (Å²) in [5.41, 5.74) is 5.94. The lowest BCUT2D eigenvalue weighted by Gasteiger charge is -2.27. The molecule has 1 aliphatic rings. The molecule has 1 aliphatic heterocycles. The van der Waals surface area contributed by atoms with Crippen molar-refractivity contribution in [3.63, 3.8) is 0 Å². The number of benzene rings is 1. The maximum atomic E-state index is 3.57. The van der Waals surface area contributed by atoms with E-state index in [0.717, 1.165) is 6.54 Å². The highest BCUT2D eigenvalue weighted by atomic mass is 14.9. The molecule has 0 bridgehead atoms. The molecule has 0 spiro atoms. The number of hydrogen-bond donors (Lipinski definition) is 1. The van der Waals surface area contributed by atoms with Crippen molar-refractivity contribution >= 4 is 0 Å². The Balaban J connectivity index is 2.47. The zero-order chi connectivity index (χ0) is 10.1. The van der Waals surface area contributed by atoms with Crippen LogP contribution in [-0.4, -0.2) is 6.54 Å². The highest BCUT2D eigenvalue weighted by Gasteiger charge is 2.18. The second-order valence-electron chi connectivity index (χ2n) is 4.30. The molecule has 0 saturated heterocycles. The summed E-state index contributed by atoms with van der Waals surface area (Å²) < 4.78 is 0. The highest BCUT2D eigenvalue weighted by molar-refractivity contribution is 5.40. The molecule has 1 heteroatoms. The molecule has 1 aromatic carbocycles. The largest absolute Gasteiger partial charge is 0.310 e. The summed E-state index contributed by atoms with van der Waals surface area (Å²) >= 11 is 0. The van der Waals surface area contributed by atoms with Gasteiger partial charge in [0.05, 0.1) is 0 Å². The molecule has 1 aromatic rings. The van der Waals surface area contributed by atoms with Crippen LogP contribution in [0.25, 0.3) is 0 Å². The van der Waals surface area contributed by atoms with Gasteiger partial charge in [-0.1, -0.05) is 19.1 Å². The van der Waals surface area contributed by atoms with Crippen LogP contribution in [0.1, 0.15) is 41.6 Å². The van der Waals surface area contributed by atoms with Crippen molar-refractivity contribution < 1.29 is 0 Å². The maximum Gasteiger partial charge on any atom is 0.0320 e. The first-order chi connectivity index (χ1) is 6.72. The Morgan fingerprint density at radius 3 is 2.71 bits per heavy atom. The van der Waals surface area contributed by atoms with E-state index in [-0.39, 0.29) is 0 Å². The van der Waals surface area contributed by atoms with Crippen LogP contribution in [-0.2, 0) is 6.42 Å². The van der Waals surface area contributed by atoms with E-state index in [1.54, 1.807) is 5.56 Å². The SMILES string of the molecule is CCC1NCCc2cc(C)c(C)cc21. The van der Waals surface area contributed by atoms with Gasteiger partial charge in [0.1, 0.15) is 0 Å². The zero-order valence-corrected chi connectivity index (χ0v) is 9.35. The van der Waals surface area contributed by atoms with Gasteiger partial charge in [0.15, 0.2) is 0 Å². The van der Waals surface area contributed by atoms with Gasteiger partial charge < -0.3 is 5.32 Å². The molecule has 0 aliphatic carbocycles. The number of rotatable bonds is 1. The van der Waals surface area contributed by atoms with Gasteiger partial charge in [-0.3, -0.25) is 0 Å². The summed E-state index contributed by atoms with van der Waals surface area (Å²) in [6.45, 7) is 7.80. The Morgan fingerprint density at radius 2 is 2.00 bits per heavy atom. The summed E-state index contributed by atoms with van der Waals surface area (Å²) in [5.74, 6) is 0. The van der Waals surface area contributed by atoms with Crippen molar-refractivity contribution in [1.82, 2.24) is 5.32 Å². The van der Waals surface area contributed by atoms with E-state index in [0.29, 0.717) is 6.04 Å². The topological polar surface area (TPSA) is 12.0 Å². The predicted octanol–water partition coefficient (Wildman–Crippen LogP) is 2.90. The van der Waals surface area contributed by atoms with Gasteiger partial charge >= 0.3 is 0 Å². The molecule has 0 fully saturated rings. The highest BCUT2D eigenvalue weighted by Crippen LogP contribution is 2.27. The summed E-state index contributed by atoms with van der Waals surface area (Å²) in [7, 11) is 0. The van der Waals surface area contributed by atoms with Crippen LogP contribution in [0.2, 0.25) is 0 Å². The number of aryl methyl sites for hydroxylation is 2. The molecule has 14 heavy (non-hydrogen) atoms. The minimum atomic E-state index is 0.582. The lowest BCUT2D eigenvalue weighted by atomic mass is 9.89. The molecule has 0 radical (unpaired) electrons. The minimum absolute atomic E-state index is 0.582. The van der Waals surface area contributed by atoms with Gasteiger partial charge in [-0.05, 0) is 55.5 Å². The summed E-state index contributed by atoms with van der Waals surface area (Å²) in [6, 6.07) is 5.32. The van der Waals surface area contributed by atoms with E-state index in [1.807, 2.05) is 0 Å². The number of hydrogen-bond acceptors (Lipinski definition) is 1. The quantitative estimate of drug-likeness (QED) is 0.716. The molecular formula is C13H19N. The Labute approximate surface area is 86.5 Å².